The summed E-state index contributed by atoms with van der Waals surface area (Å²) < 4.78 is 15.3. The number of amides is 1. The fourth-order valence-corrected chi connectivity index (χ4v) is 3.53. The highest BCUT2D eigenvalue weighted by Crippen LogP contribution is 2.28. The molecule has 1 heterocycles. The second kappa shape index (κ2) is 6.14. The number of aryl methyl sites for hydroxylation is 1. The van der Waals surface area contributed by atoms with Crippen LogP contribution in [0.2, 0.25) is 0 Å². The van der Waals surface area contributed by atoms with E-state index in [9.17, 15) is 9.18 Å². The SMILES string of the molecule is Cc1cccc2sc(NC(=O)Cc3cccc(Br)c3F)nc12. The number of aromatic nitrogens is 1. The average Bonchev–Trinajstić information content (AvgIpc) is 2.88. The summed E-state index contributed by atoms with van der Waals surface area (Å²) >= 11 is 4.53. The summed E-state index contributed by atoms with van der Waals surface area (Å²) in [7, 11) is 0. The molecule has 1 N–H and O–H groups in total. The Bertz CT molecular complexity index is 862. The van der Waals surface area contributed by atoms with E-state index in [1.807, 2.05) is 25.1 Å². The predicted octanol–water partition coefficient (Wildman–Crippen LogP) is 4.69. The Kier molecular flexibility index (Phi) is 4.22. The molecule has 0 atom stereocenters. The van der Waals surface area contributed by atoms with Crippen molar-refractivity contribution in [2.24, 2.45) is 0 Å². The van der Waals surface area contributed by atoms with Crippen LogP contribution in [0.25, 0.3) is 10.2 Å². The normalized spacial score (nSPS) is 10.9. The molecule has 22 heavy (non-hydrogen) atoms. The van der Waals surface area contributed by atoms with Gasteiger partial charge in [-0.15, -0.1) is 0 Å². The molecule has 0 saturated heterocycles. The number of benzene rings is 2. The van der Waals surface area contributed by atoms with E-state index in [0.717, 1.165) is 15.8 Å². The number of nitrogens with one attached hydrogen (secondary N) is 1. The van der Waals surface area contributed by atoms with Gasteiger partial charge in [0.2, 0.25) is 5.91 Å². The summed E-state index contributed by atoms with van der Waals surface area (Å²) in [5.41, 5.74) is 2.30. The maximum absolute atomic E-state index is 13.9. The molecule has 0 aliphatic rings. The Morgan fingerprint density at radius 3 is 2.86 bits per heavy atom. The van der Waals surface area contributed by atoms with Crippen LogP contribution < -0.4 is 5.32 Å². The van der Waals surface area contributed by atoms with Gasteiger partial charge in [0.25, 0.3) is 0 Å². The van der Waals surface area contributed by atoms with Gasteiger partial charge in [0, 0.05) is 0 Å². The molecular formula is C16H12BrFN2OS. The molecule has 0 aliphatic carbocycles. The monoisotopic (exact) mass is 378 g/mol. The molecular weight excluding hydrogens is 367 g/mol. The van der Waals surface area contributed by atoms with Crippen LogP contribution in [0.15, 0.2) is 40.9 Å². The number of para-hydroxylation sites is 1. The lowest BCUT2D eigenvalue weighted by molar-refractivity contribution is -0.115. The maximum atomic E-state index is 13.9. The molecule has 2 aromatic carbocycles. The van der Waals surface area contributed by atoms with Gasteiger partial charge in [0.15, 0.2) is 5.13 Å². The Labute approximate surface area is 139 Å². The van der Waals surface area contributed by atoms with Crippen molar-refractivity contribution in [3.8, 4) is 0 Å². The van der Waals surface area contributed by atoms with Gasteiger partial charge < -0.3 is 5.32 Å². The Hall–Kier alpha value is -1.79. The minimum absolute atomic E-state index is 0.0276. The average molecular weight is 379 g/mol. The molecule has 112 valence electrons. The molecule has 3 rings (SSSR count). The highest BCUT2D eigenvalue weighted by molar-refractivity contribution is 9.10. The van der Waals surface area contributed by atoms with Crippen LogP contribution in [-0.2, 0) is 11.2 Å². The van der Waals surface area contributed by atoms with E-state index in [-0.39, 0.29) is 12.3 Å². The largest absolute Gasteiger partial charge is 0.302 e. The van der Waals surface area contributed by atoms with Crippen molar-refractivity contribution in [2.45, 2.75) is 13.3 Å². The number of fused-ring (bicyclic) bond motifs is 1. The minimum atomic E-state index is -0.405. The molecule has 0 aliphatic heterocycles. The summed E-state index contributed by atoms with van der Waals surface area (Å²) in [6, 6.07) is 10.8. The van der Waals surface area contributed by atoms with Crippen LogP contribution in [0.1, 0.15) is 11.1 Å². The number of nitrogens with zero attached hydrogens (tertiary/aromatic N) is 1. The lowest BCUT2D eigenvalue weighted by Gasteiger charge is -2.04. The lowest BCUT2D eigenvalue weighted by atomic mass is 10.1. The van der Waals surface area contributed by atoms with E-state index in [1.54, 1.807) is 18.2 Å². The van der Waals surface area contributed by atoms with Gasteiger partial charge in [0.1, 0.15) is 5.82 Å². The van der Waals surface area contributed by atoms with Crippen molar-refractivity contribution in [1.29, 1.82) is 0 Å². The van der Waals surface area contributed by atoms with E-state index in [2.05, 4.69) is 26.2 Å². The topological polar surface area (TPSA) is 42.0 Å². The third kappa shape index (κ3) is 3.03. The zero-order valence-corrected chi connectivity index (χ0v) is 14.1. The Morgan fingerprint density at radius 1 is 1.32 bits per heavy atom. The molecule has 0 unspecified atom stereocenters. The van der Waals surface area contributed by atoms with Crippen molar-refractivity contribution in [3.05, 3.63) is 57.8 Å². The quantitative estimate of drug-likeness (QED) is 0.718. The molecule has 0 fully saturated rings. The van der Waals surface area contributed by atoms with E-state index < -0.39 is 5.82 Å². The number of thiazole rings is 1. The van der Waals surface area contributed by atoms with Crippen molar-refractivity contribution in [1.82, 2.24) is 4.98 Å². The number of hydrogen-bond acceptors (Lipinski definition) is 3. The molecule has 1 aromatic heterocycles. The fraction of sp³-hybridized carbons (Fsp3) is 0.125. The van der Waals surface area contributed by atoms with Crippen LogP contribution >= 0.6 is 27.3 Å². The number of rotatable bonds is 3. The number of carbonyl (C=O) groups excluding carboxylic acids is 1. The third-order valence-corrected chi connectivity index (χ3v) is 4.80. The molecule has 0 bridgehead atoms. The van der Waals surface area contributed by atoms with Crippen LogP contribution in [0.3, 0.4) is 0 Å². The third-order valence-electron chi connectivity index (χ3n) is 3.25. The number of hydrogen-bond donors (Lipinski definition) is 1. The number of carbonyl (C=O) groups is 1. The molecule has 0 radical (unpaired) electrons. The predicted molar refractivity (Wildman–Crippen MR) is 90.8 cm³/mol. The highest BCUT2D eigenvalue weighted by Gasteiger charge is 2.13. The van der Waals surface area contributed by atoms with Gasteiger partial charge in [-0.3, -0.25) is 4.79 Å². The van der Waals surface area contributed by atoms with Crippen molar-refractivity contribution < 1.29 is 9.18 Å². The smallest absolute Gasteiger partial charge is 0.230 e. The highest BCUT2D eigenvalue weighted by atomic mass is 79.9. The summed E-state index contributed by atoms with van der Waals surface area (Å²) in [6.45, 7) is 1.98. The van der Waals surface area contributed by atoms with Gasteiger partial charge in [0.05, 0.1) is 21.1 Å². The van der Waals surface area contributed by atoms with Gasteiger partial charge in [-0.05, 0) is 46.1 Å². The first kappa shape index (κ1) is 15.1. The van der Waals surface area contributed by atoms with Gasteiger partial charge in [-0.25, -0.2) is 9.37 Å². The molecule has 3 aromatic rings. The zero-order valence-electron chi connectivity index (χ0n) is 11.7. The van der Waals surface area contributed by atoms with Gasteiger partial charge >= 0.3 is 0 Å². The van der Waals surface area contributed by atoms with Crippen LogP contribution in [-0.4, -0.2) is 10.9 Å². The first-order valence-electron chi connectivity index (χ1n) is 6.63. The molecule has 0 spiro atoms. The van der Waals surface area contributed by atoms with Crippen LogP contribution in [0.5, 0.6) is 0 Å². The van der Waals surface area contributed by atoms with Crippen molar-refractivity contribution in [3.63, 3.8) is 0 Å². The van der Waals surface area contributed by atoms with Crippen LogP contribution in [0.4, 0.5) is 9.52 Å². The molecule has 1 amide bonds. The minimum Gasteiger partial charge on any atom is -0.302 e. The number of halogens is 2. The number of anilines is 1. The first-order chi connectivity index (χ1) is 10.5. The van der Waals surface area contributed by atoms with E-state index in [1.165, 1.54) is 11.3 Å². The Morgan fingerprint density at radius 2 is 2.09 bits per heavy atom. The molecule has 6 heteroatoms. The summed E-state index contributed by atoms with van der Waals surface area (Å²) in [5.74, 6) is -0.688. The standard InChI is InChI=1S/C16H12BrFN2OS/c1-9-4-2-7-12-15(9)20-16(22-12)19-13(21)8-10-5-3-6-11(17)14(10)18/h2-7H,8H2,1H3,(H,19,20,21). The van der Waals surface area contributed by atoms with E-state index >= 15 is 0 Å². The summed E-state index contributed by atoms with van der Waals surface area (Å²) in [5, 5.41) is 3.27. The molecule has 3 nitrogen and oxygen atoms in total. The second-order valence-electron chi connectivity index (χ2n) is 4.88. The molecule has 0 saturated carbocycles. The fourth-order valence-electron chi connectivity index (χ4n) is 2.16. The second-order valence-corrected chi connectivity index (χ2v) is 6.76. The van der Waals surface area contributed by atoms with E-state index in [4.69, 9.17) is 0 Å². The zero-order chi connectivity index (χ0) is 15.7. The summed E-state index contributed by atoms with van der Waals surface area (Å²) in [6.07, 6.45) is -0.0276. The van der Waals surface area contributed by atoms with Gasteiger partial charge in [-0.2, -0.15) is 0 Å². The van der Waals surface area contributed by atoms with Crippen molar-refractivity contribution >= 4 is 48.5 Å². The maximum Gasteiger partial charge on any atom is 0.230 e. The van der Waals surface area contributed by atoms with Crippen LogP contribution in [0, 0.1) is 12.7 Å². The lowest BCUT2D eigenvalue weighted by Crippen LogP contribution is -2.15. The summed E-state index contributed by atoms with van der Waals surface area (Å²) in [4.78, 5) is 16.5. The Balaban J connectivity index is 1.78. The van der Waals surface area contributed by atoms with Gasteiger partial charge in [-0.1, -0.05) is 35.6 Å². The van der Waals surface area contributed by atoms with E-state index in [0.29, 0.717) is 15.2 Å². The van der Waals surface area contributed by atoms with Crippen molar-refractivity contribution in [2.75, 3.05) is 5.32 Å². The first-order valence-corrected chi connectivity index (χ1v) is 8.24.